The summed E-state index contributed by atoms with van der Waals surface area (Å²) in [6, 6.07) is 4.69. The lowest BCUT2D eigenvalue weighted by Crippen LogP contribution is -2.37. The van der Waals surface area contributed by atoms with Crippen molar-refractivity contribution in [3.05, 3.63) is 50.8 Å². The molecule has 9 heteroatoms. The van der Waals surface area contributed by atoms with Crippen LogP contribution in [0.15, 0.2) is 23.0 Å². The molecule has 0 unspecified atom stereocenters. The lowest BCUT2D eigenvalue weighted by atomic mass is 9.87. The average molecular weight is 444 g/mol. The maximum Gasteiger partial charge on any atom is 0.345 e. The second-order valence-electron chi connectivity index (χ2n) is 8.50. The first-order valence-corrected chi connectivity index (χ1v) is 11.7. The van der Waals surface area contributed by atoms with Gasteiger partial charge in [-0.3, -0.25) is 9.36 Å². The molecule has 0 aliphatic carbocycles. The van der Waals surface area contributed by atoms with E-state index < -0.39 is 5.91 Å². The van der Waals surface area contributed by atoms with E-state index in [1.165, 1.54) is 23.5 Å². The van der Waals surface area contributed by atoms with E-state index in [-0.39, 0.29) is 17.4 Å². The second-order valence-corrected chi connectivity index (χ2v) is 9.55. The fourth-order valence-corrected chi connectivity index (χ4v) is 6.12. The Morgan fingerprint density at radius 2 is 2.00 bits per heavy atom. The maximum absolute atomic E-state index is 13.7. The van der Waals surface area contributed by atoms with Crippen LogP contribution >= 0.6 is 11.3 Å². The fraction of sp³-hybridized carbons (Fsp3) is 0.500. The summed E-state index contributed by atoms with van der Waals surface area (Å²) in [6.07, 6.45) is 4.83. The first-order chi connectivity index (χ1) is 15.0. The van der Waals surface area contributed by atoms with E-state index in [1.807, 2.05) is 4.57 Å². The third-order valence-electron chi connectivity index (χ3n) is 6.57. The molecule has 2 N–H and O–H groups in total. The summed E-state index contributed by atoms with van der Waals surface area (Å²) in [7, 11) is 0. The lowest BCUT2D eigenvalue weighted by molar-refractivity contribution is 0.100. The zero-order valence-corrected chi connectivity index (χ0v) is 18.2. The van der Waals surface area contributed by atoms with E-state index in [1.54, 1.807) is 10.7 Å². The van der Waals surface area contributed by atoms with E-state index in [4.69, 9.17) is 5.73 Å². The third-order valence-corrected chi connectivity index (χ3v) is 7.75. The number of nitrogens with two attached hydrogens (primary N) is 1. The van der Waals surface area contributed by atoms with Gasteiger partial charge in [-0.05, 0) is 67.8 Å². The van der Waals surface area contributed by atoms with E-state index in [0.717, 1.165) is 79.8 Å². The highest BCUT2D eigenvalue weighted by molar-refractivity contribution is 7.21. The quantitative estimate of drug-likeness (QED) is 0.657. The molecule has 4 heterocycles. The Morgan fingerprint density at radius 1 is 1.19 bits per heavy atom. The van der Waals surface area contributed by atoms with Gasteiger partial charge in [-0.1, -0.05) is 6.07 Å². The van der Waals surface area contributed by atoms with Crippen molar-refractivity contribution in [1.82, 2.24) is 19.2 Å². The summed E-state index contributed by atoms with van der Waals surface area (Å²) in [5.41, 5.74) is 6.63. The summed E-state index contributed by atoms with van der Waals surface area (Å²) in [5, 5.41) is 5.46. The number of amides is 1. The Bertz CT molecular complexity index is 1190. The highest BCUT2D eigenvalue weighted by Crippen LogP contribution is 2.40. The molecule has 1 saturated heterocycles. The molecule has 0 radical (unpaired) electrons. The predicted molar refractivity (Wildman–Crippen MR) is 118 cm³/mol. The number of aryl methyl sites for hydroxylation is 1. The summed E-state index contributed by atoms with van der Waals surface area (Å²) in [6.45, 7) is 3.91. The van der Waals surface area contributed by atoms with Crippen LogP contribution in [-0.4, -0.2) is 44.8 Å². The van der Waals surface area contributed by atoms with Gasteiger partial charge in [-0.2, -0.15) is 5.10 Å². The van der Waals surface area contributed by atoms with Crippen molar-refractivity contribution in [1.29, 1.82) is 0 Å². The van der Waals surface area contributed by atoms with Gasteiger partial charge in [0.1, 0.15) is 11.6 Å². The number of piperidine rings is 1. The maximum atomic E-state index is 13.7. The van der Waals surface area contributed by atoms with Crippen molar-refractivity contribution < 1.29 is 9.18 Å². The lowest BCUT2D eigenvalue weighted by Gasteiger charge is -2.32. The number of primary amides is 1. The Hall–Kier alpha value is -2.52. The minimum Gasteiger partial charge on any atom is -0.365 e. The van der Waals surface area contributed by atoms with Gasteiger partial charge in [0.15, 0.2) is 0 Å². The van der Waals surface area contributed by atoms with Gasteiger partial charge in [-0.15, -0.1) is 11.3 Å². The van der Waals surface area contributed by atoms with E-state index in [0.29, 0.717) is 11.4 Å². The third kappa shape index (κ3) is 3.80. The van der Waals surface area contributed by atoms with Gasteiger partial charge < -0.3 is 10.6 Å². The molecular weight excluding hydrogens is 417 g/mol. The molecule has 1 aromatic carbocycles. The molecule has 164 valence electrons. The zero-order chi connectivity index (χ0) is 21.5. The predicted octanol–water partition coefficient (Wildman–Crippen LogP) is 2.71. The number of likely N-dealkylation sites (tertiary alicyclic amines) is 1. The number of hydrogen-bond donors (Lipinski definition) is 1. The summed E-state index contributed by atoms with van der Waals surface area (Å²) in [4.78, 5) is 27.5. The number of carbonyl (C=O) groups is 1. The Kier molecular flexibility index (Phi) is 5.39. The number of rotatable bonds is 5. The molecule has 2 aliphatic rings. The van der Waals surface area contributed by atoms with Crippen molar-refractivity contribution >= 4 is 27.3 Å². The molecule has 2 aromatic heterocycles. The van der Waals surface area contributed by atoms with Crippen molar-refractivity contribution in [3.63, 3.8) is 0 Å². The molecule has 1 fully saturated rings. The van der Waals surface area contributed by atoms with Crippen LogP contribution in [0.3, 0.4) is 0 Å². The fourth-order valence-electron chi connectivity index (χ4n) is 4.95. The molecule has 3 aromatic rings. The second kappa shape index (κ2) is 8.20. The normalized spacial score (nSPS) is 17.8. The van der Waals surface area contributed by atoms with Crippen molar-refractivity contribution in [2.24, 2.45) is 5.73 Å². The monoisotopic (exact) mass is 443 g/mol. The van der Waals surface area contributed by atoms with E-state index in [9.17, 15) is 14.0 Å². The largest absolute Gasteiger partial charge is 0.365 e. The van der Waals surface area contributed by atoms with Crippen LogP contribution in [0.4, 0.5) is 4.39 Å². The Labute approximate surface area is 183 Å². The molecule has 31 heavy (non-hydrogen) atoms. The molecular formula is C22H26FN5O2S. The molecule has 0 bridgehead atoms. The average Bonchev–Trinajstić information content (AvgIpc) is 3.30. The van der Waals surface area contributed by atoms with Gasteiger partial charge in [-0.25, -0.2) is 13.9 Å². The van der Waals surface area contributed by atoms with E-state index in [2.05, 4.69) is 10.00 Å². The van der Waals surface area contributed by atoms with Crippen molar-refractivity contribution in [2.45, 2.75) is 51.1 Å². The van der Waals surface area contributed by atoms with Crippen molar-refractivity contribution in [2.75, 3.05) is 19.6 Å². The highest BCUT2D eigenvalue weighted by Gasteiger charge is 2.28. The van der Waals surface area contributed by atoms with Crippen LogP contribution in [-0.2, 0) is 19.5 Å². The number of thiophene rings is 1. The summed E-state index contributed by atoms with van der Waals surface area (Å²) >= 11 is 1.29. The first-order valence-electron chi connectivity index (χ1n) is 10.9. The number of benzene rings is 1. The number of hydrogen-bond acceptors (Lipinski definition) is 5. The Balaban J connectivity index is 1.27. The summed E-state index contributed by atoms with van der Waals surface area (Å²) in [5.74, 6) is 0.389. The van der Waals surface area contributed by atoms with Gasteiger partial charge in [0.2, 0.25) is 0 Å². The van der Waals surface area contributed by atoms with Crippen LogP contribution in [0.2, 0.25) is 0 Å². The number of halogens is 1. The molecule has 0 spiro atoms. The molecule has 0 saturated carbocycles. The molecule has 7 nitrogen and oxygen atoms in total. The zero-order valence-electron chi connectivity index (χ0n) is 17.3. The van der Waals surface area contributed by atoms with Crippen LogP contribution < -0.4 is 11.4 Å². The Morgan fingerprint density at radius 3 is 2.74 bits per heavy atom. The van der Waals surface area contributed by atoms with Gasteiger partial charge in [0.25, 0.3) is 5.91 Å². The standard InChI is InChI=1S/C22H26FN5O2S/c23-15-4-5-16-17(13-15)31-20(21(24)29)19(16)14-6-9-26(10-7-14)11-12-28-22(30)27-8-2-1-3-18(27)25-28/h4-5,13-14H,1-3,6-12H2,(H2,24,29). The van der Waals surface area contributed by atoms with Gasteiger partial charge >= 0.3 is 5.69 Å². The van der Waals surface area contributed by atoms with Crippen LogP contribution in [0.1, 0.15) is 52.7 Å². The molecule has 2 aliphatic heterocycles. The van der Waals surface area contributed by atoms with Crippen LogP contribution in [0.25, 0.3) is 10.1 Å². The van der Waals surface area contributed by atoms with E-state index >= 15 is 0 Å². The smallest absolute Gasteiger partial charge is 0.345 e. The topological polar surface area (TPSA) is 86.2 Å². The minimum atomic E-state index is -0.442. The molecule has 5 rings (SSSR count). The molecule has 0 atom stereocenters. The van der Waals surface area contributed by atoms with Crippen LogP contribution in [0, 0.1) is 5.82 Å². The summed E-state index contributed by atoms with van der Waals surface area (Å²) < 4.78 is 17.8. The molecule has 1 amide bonds. The number of nitrogens with zero attached hydrogens (tertiary/aromatic N) is 4. The van der Waals surface area contributed by atoms with Crippen LogP contribution in [0.5, 0.6) is 0 Å². The van der Waals surface area contributed by atoms with Crippen molar-refractivity contribution in [3.8, 4) is 0 Å². The number of fused-ring (bicyclic) bond motifs is 2. The van der Waals surface area contributed by atoms with Gasteiger partial charge in [0.05, 0.1) is 11.4 Å². The minimum absolute atomic E-state index is 0.00709. The van der Waals surface area contributed by atoms with Gasteiger partial charge in [0, 0.05) is 24.2 Å². The SMILES string of the molecule is NC(=O)c1sc2cc(F)ccc2c1C1CCN(CCn2nc3n(c2=O)CCCC3)CC1. The number of carbonyl (C=O) groups excluding carboxylic acids is 1. The first kappa shape index (κ1) is 20.4. The highest BCUT2D eigenvalue weighted by atomic mass is 32.1. The number of aromatic nitrogens is 3.